The van der Waals surface area contributed by atoms with Crippen molar-refractivity contribution in [3.63, 3.8) is 0 Å². The van der Waals surface area contributed by atoms with Crippen molar-refractivity contribution in [1.82, 2.24) is 0 Å². The van der Waals surface area contributed by atoms with Gasteiger partial charge in [-0.15, -0.1) is 0 Å². The van der Waals surface area contributed by atoms with E-state index in [1.807, 2.05) is 12.1 Å². The second-order valence-corrected chi connectivity index (χ2v) is 7.44. The van der Waals surface area contributed by atoms with Gasteiger partial charge < -0.3 is 0 Å². The third kappa shape index (κ3) is 2.06. The van der Waals surface area contributed by atoms with Crippen molar-refractivity contribution >= 4 is 5.57 Å². The second-order valence-electron chi connectivity index (χ2n) is 7.44. The Hall–Kier alpha value is -2.33. The molecule has 2 aliphatic carbocycles. The predicted octanol–water partition coefficient (Wildman–Crippen LogP) is 5.72. The molecule has 2 aliphatic rings. The lowest BCUT2D eigenvalue weighted by Gasteiger charge is -2.34. The largest absolute Gasteiger partial charge is 0.192 e. The maximum absolute atomic E-state index is 9.07. The van der Waals surface area contributed by atoms with E-state index < -0.39 is 0 Å². The number of benzene rings is 2. The molecule has 0 aromatic heterocycles. The van der Waals surface area contributed by atoms with E-state index in [0.717, 1.165) is 5.56 Å². The van der Waals surface area contributed by atoms with E-state index in [2.05, 4.69) is 62.4 Å². The summed E-state index contributed by atoms with van der Waals surface area (Å²) in [5.74, 6) is 1.36. The van der Waals surface area contributed by atoms with Crippen LogP contribution in [0.1, 0.15) is 49.8 Å². The normalized spacial score (nSPS) is 28.7. The summed E-state index contributed by atoms with van der Waals surface area (Å²) in [6, 6.07) is 21.4. The van der Waals surface area contributed by atoms with Crippen molar-refractivity contribution in [1.29, 1.82) is 5.26 Å². The van der Waals surface area contributed by atoms with Crippen molar-refractivity contribution in [2.75, 3.05) is 0 Å². The van der Waals surface area contributed by atoms with Gasteiger partial charge in [0.05, 0.1) is 11.6 Å². The molecule has 0 unspecified atom stereocenters. The molecule has 0 radical (unpaired) electrons. The lowest BCUT2D eigenvalue weighted by atomic mass is 9.69. The van der Waals surface area contributed by atoms with Gasteiger partial charge in [0.25, 0.3) is 0 Å². The smallest absolute Gasteiger partial charge is 0.0991 e. The van der Waals surface area contributed by atoms with Gasteiger partial charge in [-0.2, -0.15) is 5.26 Å². The van der Waals surface area contributed by atoms with E-state index >= 15 is 0 Å². The molecule has 0 spiro atoms. The quantitative estimate of drug-likeness (QED) is 0.695. The van der Waals surface area contributed by atoms with Crippen LogP contribution in [-0.2, 0) is 5.41 Å². The SMILES string of the molecule is CC1=C(c2ccc(C#N)cc2)[C@H]2CCC[C@H]2[C@@]1(C)c1ccccc1. The van der Waals surface area contributed by atoms with E-state index in [9.17, 15) is 0 Å². The summed E-state index contributed by atoms with van der Waals surface area (Å²) in [5.41, 5.74) is 6.68. The lowest BCUT2D eigenvalue weighted by molar-refractivity contribution is 0.336. The minimum Gasteiger partial charge on any atom is -0.192 e. The molecule has 1 nitrogen and oxygen atoms in total. The highest BCUT2D eigenvalue weighted by molar-refractivity contribution is 5.77. The first-order valence-electron chi connectivity index (χ1n) is 8.93. The van der Waals surface area contributed by atoms with Gasteiger partial charge in [0.2, 0.25) is 0 Å². The van der Waals surface area contributed by atoms with Gasteiger partial charge in [-0.05, 0) is 60.4 Å². The Morgan fingerprint density at radius 1 is 1.00 bits per heavy atom. The minimum absolute atomic E-state index is 0.131. The number of nitrogens with zero attached hydrogens (tertiary/aromatic N) is 1. The van der Waals surface area contributed by atoms with Crippen molar-refractivity contribution < 1.29 is 0 Å². The third-order valence-electron chi connectivity index (χ3n) is 6.51. The summed E-state index contributed by atoms with van der Waals surface area (Å²) in [5, 5.41) is 9.07. The number of rotatable bonds is 2. The highest BCUT2D eigenvalue weighted by atomic mass is 14.5. The Balaban J connectivity index is 1.87. The van der Waals surface area contributed by atoms with Crippen molar-refractivity contribution in [2.24, 2.45) is 11.8 Å². The van der Waals surface area contributed by atoms with Crippen LogP contribution >= 0.6 is 0 Å². The fourth-order valence-electron chi connectivity index (χ4n) is 5.20. The Morgan fingerprint density at radius 3 is 2.38 bits per heavy atom. The van der Waals surface area contributed by atoms with Crippen molar-refractivity contribution in [3.05, 3.63) is 76.9 Å². The fraction of sp³-hybridized carbons (Fsp3) is 0.348. The molecule has 0 aliphatic heterocycles. The van der Waals surface area contributed by atoms with Crippen molar-refractivity contribution in [3.8, 4) is 6.07 Å². The standard InChI is InChI=1S/C23H23N/c1-16-22(18-13-11-17(15-24)12-14-18)20-9-6-10-21(20)23(16,2)19-7-4-3-5-8-19/h3-5,7-8,11-14,20-21H,6,9-10H2,1-2H3/t20-,21+,23+/m0/s1. The molecule has 3 atom stereocenters. The molecule has 4 rings (SSSR count). The first kappa shape index (κ1) is 15.2. The van der Waals surface area contributed by atoms with E-state index in [-0.39, 0.29) is 5.41 Å². The zero-order chi connectivity index (χ0) is 16.7. The average Bonchev–Trinajstić information content (AvgIpc) is 3.19. The van der Waals surface area contributed by atoms with Crippen LogP contribution < -0.4 is 0 Å². The van der Waals surface area contributed by atoms with Gasteiger partial charge in [0.15, 0.2) is 0 Å². The summed E-state index contributed by atoms with van der Waals surface area (Å²) in [7, 11) is 0. The van der Waals surface area contributed by atoms with Gasteiger partial charge in [-0.3, -0.25) is 0 Å². The van der Waals surface area contributed by atoms with Crippen LogP contribution in [0.4, 0.5) is 0 Å². The van der Waals surface area contributed by atoms with Gasteiger partial charge in [-0.25, -0.2) is 0 Å². The monoisotopic (exact) mass is 313 g/mol. The molecule has 2 aromatic carbocycles. The highest BCUT2D eigenvalue weighted by Crippen LogP contribution is 2.60. The first-order chi connectivity index (χ1) is 11.7. The fourth-order valence-corrected chi connectivity index (χ4v) is 5.20. The molecule has 2 aromatic rings. The minimum atomic E-state index is 0.131. The van der Waals surface area contributed by atoms with Crippen molar-refractivity contribution in [2.45, 2.75) is 38.5 Å². The van der Waals surface area contributed by atoms with E-state index in [0.29, 0.717) is 11.8 Å². The number of fused-ring (bicyclic) bond motifs is 1. The molecule has 120 valence electrons. The van der Waals surface area contributed by atoms with E-state index in [1.54, 1.807) is 0 Å². The Kier molecular flexibility index (Phi) is 3.57. The van der Waals surface area contributed by atoms with Crippen LogP contribution in [0.25, 0.3) is 5.57 Å². The maximum atomic E-state index is 9.07. The number of allylic oxidation sites excluding steroid dienone is 2. The van der Waals surface area contributed by atoms with Crippen LogP contribution in [0.2, 0.25) is 0 Å². The van der Waals surface area contributed by atoms with E-state index in [1.165, 1.54) is 41.5 Å². The molecule has 0 saturated heterocycles. The van der Waals surface area contributed by atoms with Gasteiger partial charge in [-0.1, -0.05) is 61.4 Å². The molecule has 0 bridgehead atoms. The zero-order valence-corrected chi connectivity index (χ0v) is 14.4. The van der Waals surface area contributed by atoms with Gasteiger partial charge >= 0.3 is 0 Å². The molecule has 1 fully saturated rings. The Morgan fingerprint density at radius 2 is 1.71 bits per heavy atom. The topological polar surface area (TPSA) is 23.8 Å². The first-order valence-corrected chi connectivity index (χ1v) is 8.93. The highest BCUT2D eigenvalue weighted by Gasteiger charge is 2.51. The lowest BCUT2D eigenvalue weighted by Crippen LogP contribution is -2.30. The maximum Gasteiger partial charge on any atom is 0.0991 e. The molecule has 0 amide bonds. The number of nitriles is 1. The second kappa shape index (κ2) is 5.64. The predicted molar refractivity (Wildman–Crippen MR) is 98.4 cm³/mol. The summed E-state index contributed by atoms with van der Waals surface area (Å²) in [4.78, 5) is 0. The molecule has 1 saturated carbocycles. The summed E-state index contributed by atoms with van der Waals surface area (Å²) in [6.07, 6.45) is 3.93. The summed E-state index contributed by atoms with van der Waals surface area (Å²) >= 11 is 0. The van der Waals surface area contributed by atoms with Crippen LogP contribution in [0.3, 0.4) is 0 Å². The van der Waals surface area contributed by atoms with Gasteiger partial charge in [0.1, 0.15) is 0 Å². The molecular weight excluding hydrogens is 290 g/mol. The van der Waals surface area contributed by atoms with Crippen LogP contribution in [0.5, 0.6) is 0 Å². The molecule has 24 heavy (non-hydrogen) atoms. The summed E-state index contributed by atoms with van der Waals surface area (Å²) < 4.78 is 0. The van der Waals surface area contributed by atoms with Gasteiger partial charge in [0, 0.05) is 5.41 Å². The average molecular weight is 313 g/mol. The third-order valence-corrected chi connectivity index (χ3v) is 6.51. The number of hydrogen-bond donors (Lipinski definition) is 0. The number of hydrogen-bond acceptors (Lipinski definition) is 1. The van der Waals surface area contributed by atoms with Crippen LogP contribution in [-0.4, -0.2) is 0 Å². The molecular formula is C23H23N. The summed E-state index contributed by atoms with van der Waals surface area (Å²) in [6.45, 7) is 4.77. The Labute approximate surface area is 144 Å². The Bertz CT molecular complexity index is 823. The van der Waals surface area contributed by atoms with Crippen LogP contribution in [0.15, 0.2) is 60.2 Å². The zero-order valence-electron chi connectivity index (χ0n) is 14.4. The molecule has 1 heteroatoms. The molecule has 0 N–H and O–H groups in total. The van der Waals surface area contributed by atoms with Crippen LogP contribution in [0, 0.1) is 23.2 Å². The molecule has 0 heterocycles. The van der Waals surface area contributed by atoms with E-state index in [4.69, 9.17) is 5.26 Å².